The van der Waals surface area contributed by atoms with Crippen molar-refractivity contribution in [3.05, 3.63) is 83.4 Å². The lowest BCUT2D eigenvalue weighted by molar-refractivity contribution is -0.121. The maximum Gasteiger partial charge on any atom is 0.261 e. The first-order chi connectivity index (χ1) is 14.6. The predicted octanol–water partition coefficient (Wildman–Crippen LogP) is 3.97. The zero-order valence-corrected chi connectivity index (χ0v) is 16.8. The molecular formula is C25H24N2O3. The standard InChI is InChI=1S/C25H24N2O3/c28-22(26-16-6-10-18-8-2-1-3-9-18)15-7-17-27-24(29)20-13-4-11-19-12-5-14-21(23(19)20)25(27)30/h1-5,8-9,11-14H,6-7,10,15-17H2,(H,26,28). The van der Waals surface area contributed by atoms with Crippen LogP contribution in [0.3, 0.4) is 0 Å². The molecular weight excluding hydrogens is 376 g/mol. The van der Waals surface area contributed by atoms with Crippen LogP contribution in [0, 0.1) is 0 Å². The Morgan fingerprint density at radius 2 is 1.47 bits per heavy atom. The quantitative estimate of drug-likeness (QED) is 0.460. The van der Waals surface area contributed by atoms with E-state index < -0.39 is 0 Å². The van der Waals surface area contributed by atoms with Crippen molar-refractivity contribution in [2.75, 3.05) is 13.1 Å². The van der Waals surface area contributed by atoms with Gasteiger partial charge < -0.3 is 5.32 Å². The summed E-state index contributed by atoms with van der Waals surface area (Å²) in [5, 5.41) is 4.53. The summed E-state index contributed by atoms with van der Waals surface area (Å²) in [5.74, 6) is -0.623. The molecule has 5 heteroatoms. The molecule has 0 atom stereocenters. The summed E-state index contributed by atoms with van der Waals surface area (Å²) in [6, 6.07) is 21.1. The molecule has 1 aliphatic rings. The Hall–Kier alpha value is -3.47. The normalized spacial score (nSPS) is 13.0. The average Bonchev–Trinajstić information content (AvgIpc) is 2.78. The number of hydrogen-bond donors (Lipinski definition) is 1. The van der Waals surface area contributed by atoms with Gasteiger partial charge in [0, 0.05) is 36.0 Å². The summed E-state index contributed by atoms with van der Waals surface area (Å²) < 4.78 is 0. The SMILES string of the molecule is O=C(CCCN1C(=O)c2cccc3cccc(c23)C1=O)NCCCc1ccccc1. The molecule has 3 aromatic carbocycles. The lowest BCUT2D eigenvalue weighted by Crippen LogP contribution is -2.41. The average molecular weight is 400 g/mol. The molecule has 0 unspecified atom stereocenters. The Kier molecular flexibility index (Phi) is 5.89. The molecule has 0 bridgehead atoms. The van der Waals surface area contributed by atoms with Gasteiger partial charge in [0.05, 0.1) is 0 Å². The van der Waals surface area contributed by atoms with Crippen molar-refractivity contribution in [1.82, 2.24) is 10.2 Å². The fourth-order valence-electron chi connectivity index (χ4n) is 3.93. The van der Waals surface area contributed by atoms with Gasteiger partial charge >= 0.3 is 0 Å². The number of amides is 3. The van der Waals surface area contributed by atoms with Crippen molar-refractivity contribution in [3.63, 3.8) is 0 Å². The lowest BCUT2D eigenvalue weighted by atomic mass is 9.94. The molecule has 3 aromatic rings. The third-order valence-electron chi connectivity index (χ3n) is 5.45. The molecule has 0 saturated carbocycles. The molecule has 1 N–H and O–H groups in total. The van der Waals surface area contributed by atoms with Gasteiger partial charge in [0.25, 0.3) is 11.8 Å². The Bertz CT molecular complexity index is 1040. The van der Waals surface area contributed by atoms with Crippen molar-refractivity contribution in [1.29, 1.82) is 0 Å². The Morgan fingerprint density at radius 1 is 0.800 bits per heavy atom. The minimum Gasteiger partial charge on any atom is -0.356 e. The number of benzene rings is 3. The number of nitrogens with one attached hydrogen (secondary N) is 1. The van der Waals surface area contributed by atoms with Crippen molar-refractivity contribution in [2.45, 2.75) is 25.7 Å². The summed E-state index contributed by atoms with van der Waals surface area (Å²) in [7, 11) is 0. The monoisotopic (exact) mass is 400 g/mol. The smallest absolute Gasteiger partial charge is 0.261 e. The number of rotatable bonds is 8. The zero-order valence-electron chi connectivity index (χ0n) is 16.8. The highest BCUT2D eigenvalue weighted by Crippen LogP contribution is 2.30. The first-order valence-corrected chi connectivity index (χ1v) is 10.3. The highest BCUT2D eigenvalue weighted by molar-refractivity contribution is 6.25. The highest BCUT2D eigenvalue weighted by Gasteiger charge is 2.32. The summed E-state index contributed by atoms with van der Waals surface area (Å²) in [5.41, 5.74) is 2.35. The Labute approximate surface area is 175 Å². The van der Waals surface area contributed by atoms with Gasteiger partial charge in [-0.05, 0) is 42.3 Å². The molecule has 30 heavy (non-hydrogen) atoms. The van der Waals surface area contributed by atoms with Gasteiger partial charge in [-0.25, -0.2) is 0 Å². The highest BCUT2D eigenvalue weighted by atomic mass is 16.2. The van der Waals surface area contributed by atoms with E-state index in [0.717, 1.165) is 23.6 Å². The first-order valence-electron chi connectivity index (χ1n) is 10.3. The van der Waals surface area contributed by atoms with Crippen molar-refractivity contribution >= 4 is 28.5 Å². The minimum absolute atomic E-state index is 0.0533. The minimum atomic E-state index is -0.285. The fourth-order valence-corrected chi connectivity index (χ4v) is 3.93. The summed E-state index contributed by atoms with van der Waals surface area (Å²) in [4.78, 5) is 39.1. The van der Waals surface area contributed by atoms with Crippen LogP contribution in [0.5, 0.6) is 0 Å². The summed E-state index contributed by atoms with van der Waals surface area (Å²) >= 11 is 0. The van der Waals surface area contributed by atoms with E-state index >= 15 is 0 Å². The van der Waals surface area contributed by atoms with Gasteiger partial charge in [0.1, 0.15) is 0 Å². The maximum absolute atomic E-state index is 12.8. The number of nitrogens with zero attached hydrogens (tertiary/aromatic N) is 1. The van der Waals surface area contributed by atoms with Gasteiger partial charge in [0.15, 0.2) is 0 Å². The Balaban J connectivity index is 1.27. The first kappa shape index (κ1) is 19.8. The van der Waals surface area contributed by atoms with E-state index in [1.807, 2.05) is 42.5 Å². The van der Waals surface area contributed by atoms with E-state index in [0.29, 0.717) is 24.1 Å². The fraction of sp³-hybridized carbons (Fsp3) is 0.240. The number of imide groups is 1. The van der Waals surface area contributed by atoms with Gasteiger partial charge in [-0.1, -0.05) is 54.6 Å². The third kappa shape index (κ3) is 4.10. The van der Waals surface area contributed by atoms with Gasteiger partial charge in [-0.15, -0.1) is 0 Å². The molecule has 1 aliphatic heterocycles. The van der Waals surface area contributed by atoms with E-state index in [1.165, 1.54) is 10.5 Å². The van der Waals surface area contributed by atoms with Gasteiger partial charge in [-0.3, -0.25) is 19.3 Å². The topological polar surface area (TPSA) is 66.5 Å². The number of aryl methyl sites for hydroxylation is 1. The van der Waals surface area contributed by atoms with Crippen LogP contribution in [0.2, 0.25) is 0 Å². The molecule has 0 fully saturated rings. The van der Waals surface area contributed by atoms with Crippen molar-refractivity contribution < 1.29 is 14.4 Å². The van der Waals surface area contributed by atoms with Crippen LogP contribution in [0.4, 0.5) is 0 Å². The number of hydrogen-bond acceptors (Lipinski definition) is 3. The Morgan fingerprint density at radius 3 is 2.13 bits per heavy atom. The second-order valence-corrected chi connectivity index (χ2v) is 7.51. The molecule has 3 amide bonds. The van der Waals surface area contributed by atoms with E-state index in [4.69, 9.17) is 0 Å². The van der Waals surface area contributed by atoms with Gasteiger partial charge in [0.2, 0.25) is 5.91 Å². The van der Waals surface area contributed by atoms with E-state index in [-0.39, 0.29) is 30.7 Å². The number of carbonyl (C=O) groups excluding carboxylic acids is 3. The van der Waals surface area contributed by atoms with E-state index in [2.05, 4.69) is 17.4 Å². The second kappa shape index (κ2) is 8.91. The van der Waals surface area contributed by atoms with Crippen molar-refractivity contribution in [3.8, 4) is 0 Å². The van der Waals surface area contributed by atoms with Crippen molar-refractivity contribution in [2.24, 2.45) is 0 Å². The van der Waals surface area contributed by atoms with Gasteiger partial charge in [-0.2, -0.15) is 0 Å². The second-order valence-electron chi connectivity index (χ2n) is 7.51. The molecule has 5 nitrogen and oxygen atoms in total. The van der Waals surface area contributed by atoms with E-state index in [9.17, 15) is 14.4 Å². The van der Waals surface area contributed by atoms with Crippen LogP contribution < -0.4 is 5.32 Å². The number of carbonyl (C=O) groups is 3. The summed E-state index contributed by atoms with van der Waals surface area (Å²) in [6.07, 6.45) is 2.52. The van der Waals surface area contributed by atoms with Crippen LogP contribution in [-0.4, -0.2) is 35.7 Å². The third-order valence-corrected chi connectivity index (χ3v) is 5.45. The van der Waals surface area contributed by atoms with E-state index in [1.54, 1.807) is 12.1 Å². The molecule has 0 aromatic heterocycles. The zero-order chi connectivity index (χ0) is 20.9. The lowest BCUT2D eigenvalue weighted by Gasteiger charge is -2.27. The van der Waals surface area contributed by atoms with Crippen LogP contribution in [0.15, 0.2) is 66.7 Å². The summed E-state index contributed by atoms with van der Waals surface area (Å²) in [6.45, 7) is 0.852. The van der Waals surface area contributed by atoms with Crippen LogP contribution in [0.1, 0.15) is 45.5 Å². The maximum atomic E-state index is 12.8. The molecule has 0 spiro atoms. The molecule has 0 radical (unpaired) electrons. The van der Waals surface area contributed by atoms with Crippen LogP contribution in [-0.2, 0) is 11.2 Å². The molecule has 0 saturated heterocycles. The van der Waals surface area contributed by atoms with Crippen LogP contribution in [0.25, 0.3) is 10.8 Å². The molecule has 4 rings (SSSR count). The van der Waals surface area contributed by atoms with Crippen LogP contribution >= 0.6 is 0 Å². The molecule has 152 valence electrons. The molecule has 1 heterocycles. The molecule has 0 aliphatic carbocycles. The largest absolute Gasteiger partial charge is 0.356 e. The predicted molar refractivity (Wildman–Crippen MR) is 116 cm³/mol.